The lowest BCUT2D eigenvalue weighted by Crippen LogP contribution is -2.58. The summed E-state index contributed by atoms with van der Waals surface area (Å²) in [5.41, 5.74) is 1.35. The lowest BCUT2D eigenvalue weighted by Gasteiger charge is -2.43. The number of carbonyl (C=O) groups excluding carboxylic acids is 1. The molecule has 0 saturated carbocycles. The molecule has 1 aromatic heterocycles. The van der Waals surface area contributed by atoms with Gasteiger partial charge in [0.1, 0.15) is 6.61 Å². The van der Waals surface area contributed by atoms with Crippen LogP contribution < -0.4 is 0 Å². The highest BCUT2D eigenvalue weighted by atomic mass is 32.1. The van der Waals surface area contributed by atoms with Crippen LogP contribution in [0, 0.1) is 0 Å². The number of likely N-dealkylation sites (tertiary alicyclic amines) is 1. The summed E-state index contributed by atoms with van der Waals surface area (Å²) in [6, 6.07) is 2.72. The second kappa shape index (κ2) is 6.28. The average Bonchev–Trinajstić information content (AvgIpc) is 3.17. The van der Waals surface area contributed by atoms with Crippen molar-refractivity contribution in [3.05, 3.63) is 22.4 Å². The Hall–Kier alpha value is -0.950. The standard InChI is InChI=1S/C16H22N2O3S/c19-16-10-21-15-9-17(7-12-3-6-22-11-12)8-14(15)18(16)13-1-4-20-5-2-13/h3,6,11,13-15H,1-2,4-5,7-10H2/t14-,15-/m0/s1. The predicted octanol–water partition coefficient (Wildman–Crippen LogP) is 1.34. The fourth-order valence-corrected chi connectivity index (χ4v) is 4.57. The van der Waals surface area contributed by atoms with Crippen molar-refractivity contribution < 1.29 is 14.3 Å². The average molecular weight is 322 g/mol. The molecular formula is C16H22N2O3S. The Balaban J connectivity index is 1.47. The van der Waals surface area contributed by atoms with Crippen LogP contribution in [0.3, 0.4) is 0 Å². The van der Waals surface area contributed by atoms with E-state index in [0.717, 1.165) is 45.7 Å². The molecule has 0 radical (unpaired) electrons. The van der Waals surface area contributed by atoms with Gasteiger partial charge in [0, 0.05) is 38.9 Å². The third-order valence-electron chi connectivity index (χ3n) is 4.95. The number of rotatable bonds is 3. The first-order valence-electron chi connectivity index (χ1n) is 8.05. The van der Waals surface area contributed by atoms with Gasteiger partial charge >= 0.3 is 0 Å². The summed E-state index contributed by atoms with van der Waals surface area (Å²) in [6.07, 6.45) is 2.08. The molecule has 0 unspecified atom stereocenters. The van der Waals surface area contributed by atoms with Gasteiger partial charge in [-0.15, -0.1) is 0 Å². The topological polar surface area (TPSA) is 42.0 Å². The van der Waals surface area contributed by atoms with Gasteiger partial charge in [-0.3, -0.25) is 9.69 Å². The number of thiophene rings is 1. The van der Waals surface area contributed by atoms with Crippen molar-refractivity contribution >= 4 is 17.2 Å². The second-order valence-electron chi connectivity index (χ2n) is 6.39. The van der Waals surface area contributed by atoms with Gasteiger partial charge < -0.3 is 14.4 Å². The van der Waals surface area contributed by atoms with Crippen molar-refractivity contribution in [1.29, 1.82) is 0 Å². The van der Waals surface area contributed by atoms with Gasteiger partial charge in [-0.25, -0.2) is 0 Å². The van der Waals surface area contributed by atoms with Crippen molar-refractivity contribution in [3.63, 3.8) is 0 Å². The lowest BCUT2D eigenvalue weighted by molar-refractivity contribution is -0.159. The number of morpholine rings is 1. The smallest absolute Gasteiger partial charge is 0.249 e. The minimum atomic E-state index is 0.158. The quantitative estimate of drug-likeness (QED) is 0.842. The Morgan fingerprint density at radius 2 is 2.14 bits per heavy atom. The fourth-order valence-electron chi connectivity index (χ4n) is 3.91. The Kier molecular flexibility index (Phi) is 4.17. The molecule has 2 atom stereocenters. The van der Waals surface area contributed by atoms with Gasteiger partial charge in [-0.05, 0) is 35.2 Å². The molecule has 5 nitrogen and oxygen atoms in total. The minimum Gasteiger partial charge on any atom is -0.381 e. The highest BCUT2D eigenvalue weighted by molar-refractivity contribution is 7.07. The molecule has 4 rings (SSSR count). The summed E-state index contributed by atoms with van der Waals surface area (Å²) >= 11 is 1.74. The summed E-state index contributed by atoms with van der Waals surface area (Å²) in [7, 11) is 0. The molecule has 0 spiro atoms. The third-order valence-corrected chi connectivity index (χ3v) is 5.68. The predicted molar refractivity (Wildman–Crippen MR) is 83.8 cm³/mol. The number of carbonyl (C=O) groups is 1. The third kappa shape index (κ3) is 2.80. The maximum absolute atomic E-state index is 12.4. The van der Waals surface area contributed by atoms with E-state index in [-0.39, 0.29) is 24.7 Å². The molecule has 1 aromatic rings. The van der Waals surface area contributed by atoms with Gasteiger partial charge in [0.2, 0.25) is 5.91 Å². The van der Waals surface area contributed by atoms with Crippen molar-refractivity contribution in [2.24, 2.45) is 0 Å². The summed E-state index contributed by atoms with van der Waals surface area (Å²) in [5.74, 6) is 0.158. The SMILES string of the molecule is O=C1CO[C@H]2CN(Cc3ccsc3)C[C@@H]2N1C1CCOCC1. The first-order chi connectivity index (χ1) is 10.8. The molecule has 3 aliphatic heterocycles. The van der Waals surface area contributed by atoms with Gasteiger partial charge in [-0.2, -0.15) is 11.3 Å². The van der Waals surface area contributed by atoms with E-state index in [1.807, 2.05) is 0 Å². The molecular weight excluding hydrogens is 300 g/mol. The van der Waals surface area contributed by atoms with Gasteiger partial charge in [-0.1, -0.05) is 0 Å². The first kappa shape index (κ1) is 14.6. The largest absolute Gasteiger partial charge is 0.381 e. The second-order valence-corrected chi connectivity index (χ2v) is 7.17. The molecule has 120 valence electrons. The van der Waals surface area contributed by atoms with Crippen molar-refractivity contribution in [2.45, 2.75) is 37.6 Å². The number of nitrogens with zero attached hydrogens (tertiary/aromatic N) is 2. The highest BCUT2D eigenvalue weighted by Crippen LogP contribution is 2.29. The van der Waals surface area contributed by atoms with Crippen molar-refractivity contribution in [2.75, 3.05) is 32.9 Å². The number of ether oxygens (including phenoxy) is 2. The normalized spacial score (nSPS) is 30.7. The fraction of sp³-hybridized carbons (Fsp3) is 0.688. The molecule has 1 amide bonds. The Labute approximate surface area is 134 Å². The Bertz CT molecular complexity index is 515. The number of hydrogen-bond donors (Lipinski definition) is 0. The van der Waals surface area contributed by atoms with E-state index < -0.39 is 0 Å². The van der Waals surface area contributed by atoms with Crippen LogP contribution in [-0.4, -0.2) is 66.8 Å². The Morgan fingerprint density at radius 1 is 1.27 bits per heavy atom. The van der Waals surface area contributed by atoms with Crippen LogP contribution in [-0.2, 0) is 20.8 Å². The van der Waals surface area contributed by atoms with E-state index in [1.165, 1.54) is 5.56 Å². The lowest BCUT2D eigenvalue weighted by atomic mass is 10.0. The number of fused-ring (bicyclic) bond motifs is 1. The van der Waals surface area contributed by atoms with E-state index in [0.29, 0.717) is 6.04 Å². The van der Waals surface area contributed by atoms with E-state index in [2.05, 4.69) is 26.6 Å². The molecule has 3 aliphatic rings. The van der Waals surface area contributed by atoms with Crippen LogP contribution in [0.2, 0.25) is 0 Å². The van der Waals surface area contributed by atoms with E-state index in [9.17, 15) is 4.79 Å². The van der Waals surface area contributed by atoms with Crippen LogP contribution in [0.5, 0.6) is 0 Å². The molecule has 4 heterocycles. The van der Waals surface area contributed by atoms with Crippen LogP contribution in [0.25, 0.3) is 0 Å². The van der Waals surface area contributed by atoms with Gasteiger partial charge in [0.05, 0.1) is 12.1 Å². The van der Waals surface area contributed by atoms with Crippen LogP contribution in [0.1, 0.15) is 18.4 Å². The van der Waals surface area contributed by atoms with E-state index >= 15 is 0 Å². The summed E-state index contributed by atoms with van der Waals surface area (Å²) in [5, 5.41) is 4.32. The maximum Gasteiger partial charge on any atom is 0.249 e. The zero-order chi connectivity index (χ0) is 14.9. The van der Waals surface area contributed by atoms with E-state index in [1.54, 1.807) is 11.3 Å². The van der Waals surface area contributed by atoms with Crippen molar-refractivity contribution in [1.82, 2.24) is 9.80 Å². The van der Waals surface area contributed by atoms with Gasteiger partial charge in [0.25, 0.3) is 0 Å². The molecule has 0 N–H and O–H groups in total. The Morgan fingerprint density at radius 3 is 2.91 bits per heavy atom. The zero-order valence-electron chi connectivity index (χ0n) is 12.6. The number of hydrogen-bond acceptors (Lipinski definition) is 5. The summed E-state index contributed by atoms with van der Waals surface area (Å²) in [4.78, 5) is 17.0. The molecule has 0 aromatic carbocycles. The summed E-state index contributed by atoms with van der Waals surface area (Å²) in [6.45, 7) is 4.58. The molecule has 22 heavy (non-hydrogen) atoms. The van der Waals surface area contributed by atoms with E-state index in [4.69, 9.17) is 9.47 Å². The molecule has 0 aliphatic carbocycles. The number of amides is 1. The molecule has 3 saturated heterocycles. The maximum atomic E-state index is 12.4. The highest BCUT2D eigenvalue weighted by Gasteiger charge is 2.45. The zero-order valence-corrected chi connectivity index (χ0v) is 13.5. The monoisotopic (exact) mass is 322 g/mol. The van der Waals surface area contributed by atoms with Gasteiger partial charge in [0.15, 0.2) is 0 Å². The summed E-state index contributed by atoms with van der Waals surface area (Å²) < 4.78 is 11.3. The van der Waals surface area contributed by atoms with Crippen LogP contribution in [0.15, 0.2) is 16.8 Å². The molecule has 0 bridgehead atoms. The first-order valence-corrected chi connectivity index (χ1v) is 8.99. The van der Waals surface area contributed by atoms with Crippen molar-refractivity contribution in [3.8, 4) is 0 Å². The molecule has 6 heteroatoms. The van der Waals surface area contributed by atoms with Crippen LogP contribution >= 0.6 is 11.3 Å². The molecule has 3 fully saturated rings. The minimum absolute atomic E-state index is 0.158. The van der Waals surface area contributed by atoms with Crippen LogP contribution in [0.4, 0.5) is 0 Å².